The first-order valence-corrected chi connectivity index (χ1v) is 9.24. The van der Waals surface area contributed by atoms with Crippen LogP contribution < -0.4 is 16.1 Å². The topological polar surface area (TPSA) is 99.7 Å². The highest BCUT2D eigenvalue weighted by molar-refractivity contribution is 6.39. The number of carbonyl (C=O) groups is 3. The summed E-state index contributed by atoms with van der Waals surface area (Å²) in [6, 6.07) is 11.0. The van der Waals surface area contributed by atoms with E-state index in [0.717, 1.165) is 27.9 Å². The van der Waals surface area contributed by atoms with Gasteiger partial charge in [0.05, 0.1) is 6.42 Å². The summed E-state index contributed by atoms with van der Waals surface area (Å²) in [5, 5.41) is 9.19. The minimum Gasteiger partial charge on any atom is -0.325 e. The lowest BCUT2D eigenvalue weighted by atomic mass is 10.0. The van der Waals surface area contributed by atoms with Crippen molar-refractivity contribution in [3.63, 3.8) is 0 Å². The van der Waals surface area contributed by atoms with Crippen LogP contribution in [0.15, 0.2) is 41.5 Å². The fraction of sp³-hybridized carbons (Fsp3) is 0.273. The van der Waals surface area contributed by atoms with Gasteiger partial charge in [-0.05, 0) is 57.9 Å². The van der Waals surface area contributed by atoms with E-state index in [1.807, 2.05) is 52.0 Å². The third-order valence-corrected chi connectivity index (χ3v) is 4.22. The van der Waals surface area contributed by atoms with Crippen molar-refractivity contribution in [2.45, 2.75) is 41.0 Å². The van der Waals surface area contributed by atoms with Crippen molar-refractivity contribution in [2.24, 2.45) is 5.10 Å². The van der Waals surface area contributed by atoms with Crippen LogP contribution in [0.5, 0.6) is 0 Å². The minimum absolute atomic E-state index is 0.00732. The highest BCUT2D eigenvalue weighted by Crippen LogP contribution is 2.22. The molecule has 0 spiro atoms. The lowest BCUT2D eigenvalue weighted by Gasteiger charge is -2.12. The number of carbonyl (C=O) groups excluding carboxylic acids is 3. The second kappa shape index (κ2) is 9.64. The lowest BCUT2D eigenvalue weighted by Crippen LogP contribution is -2.33. The predicted molar refractivity (Wildman–Crippen MR) is 115 cm³/mol. The first-order valence-electron chi connectivity index (χ1n) is 9.24. The molecule has 0 aromatic heterocycles. The summed E-state index contributed by atoms with van der Waals surface area (Å²) in [6.45, 7) is 9.40. The summed E-state index contributed by atoms with van der Waals surface area (Å²) in [5.41, 5.74) is 7.96. The molecule has 0 saturated heterocycles. The normalized spacial score (nSPS) is 11.0. The Morgan fingerprint density at radius 2 is 1.41 bits per heavy atom. The fourth-order valence-electron chi connectivity index (χ4n) is 2.85. The van der Waals surface area contributed by atoms with E-state index in [9.17, 15) is 14.4 Å². The summed E-state index contributed by atoms with van der Waals surface area (Å²) in [7, 11) is 0. The van der Waals surface area contributed by atoms with Crippen LogP contribution in [0.1, 0.15) is 35.6 Å². The number of rotatable bonds is 5. The highest BCUT2D eigenvalue weighted by Gasteiger charge is 2.14. The van der Waals surface area contributed by atoms with E-state index in [1.54, 1.807) is 19.1 Å². The molecule has 3 amide bonds. The minimum atomic E-state index is -0.907. The van der Waals surface area contributed by atoms with Gasteiger partial charge in [0.15, 0.2) is 0 Å². The molecule has 0 unspecified atom stereocenters. The Balaban J connectivity index is 1.89. The largest absolute Gasteiger partial charge is 0.329 e. The summed E-state index contributed by atoms with van der Waals surface area (Å²) in [4.78, 5) is 36.1. The average Bonchev–Trinajstić information content (AvgIpc) is 2.64. The van der Waals surface area contributed by atoms with Gasteiger partial charge >= 0.3 is 11.8 Å². The van der Waals surface area contributed by atoms with Gasteiger partial charge in [-0.15, -0.1) is 0 Å². The van der Waals surface area contributed by atoms with Gasteiger partial charge in [0, 0.05) is 17.1 Å². The van der Waals surface area contributed by atoms with Gasteiger partial charge in [0.1, 0.15) is 0 Å². The molecule has 0 atom stereocenters. The molecule has 3 N–H and O–H groups in total. The zero-order valence-electron chi connectivity index (χ0n) is 17.3. The van der Waals surface area contributed by atoms with Gasteiger partial charge in [-0.1, -0.05) is 35.4 Å². The molecule has 0 aliphatic rings. The summed E-state index contributed by atoms with van der Waals surface area (Å²) >= 11 is 0. The molecule has 2 aromatic rings. The Morgan fingerprint density at radius 3 is 2.00 bits per heavy atom. The molecule has 0 aliphatic carbocycles. The molecule has 7 nitrogen and oxygen atoms in total. The van der Waals surface area contributed by atoms with Crippen LogP contribution in [0.3, 0.4) is 0 Å². The molecule has 0 aliphatic heterocycles. The van der Waals surface area contributed by atoms with Crippen LogP contribution in [0, 0.1) is 27.7 Å². The number of amides is 3. The average molecular weight is 394 g/mol. The number of hydrogen-bond acceptors (Lipinski definition) is 4. The van der Waals surface area contributed by atoms with Crippen molar-refractivity contribution >= 4 is 34.8 Å². The number of nitrogens with zero attached hydrogens (tertiary/aromatic N) is 1. The third kappa shape index (κ3) is 6.57. The SMILES string of the molecule is C/C(CC(=O)Nc1c(C)cc(C)cc1C)=N/NC(=O)C(=O)Nc1ccc(C)cc1. The fourth-order valence-corrected chi connectivity index (χ4v) is 2.85. The van der Waals surface area contributed by atoms with E-state index < -0.39 is 11.8 Å². The zero-order chi connectivity index (χ0) is 21.6. The summed E-state index contributed by atoms with van der Waals surface area (Å²) in [5.74, 6) is -1.99. The highest BCUT2D eigenvalue weighted by atomic mass is 16.2. The number of nitrogens with one attached hydrogen (secondary N) is 3. The van der Waals surface area contributed by atoms with Crippen LogP contribution >= 0.6 is 0 Å². The maximum absolute atomic E-state index is 12.3. The van der Waals surface area contributed by atoms with Gasteiger partial charge in [-0.3, -0.25) is 14.4 Å². The van der Waals surface area contributed by atoms with Gasteiger partial charge in [0.2, 0.25) is 5.91 Å². The van der Waals surface area contributed by atoms with E-state index >= 15 is 0 Å². The van der Waals surface area contributed by atoms with Crippen LogP contribution in [0.2, 0.25) is 0 Å². The Hall–Kier alpha value is -3.48. The maximum Gasteiger partial charge on any atom is 0.329 e. The van der Waals surface area contributed by atoms with E-state index in [-0.39, 0.29) is 12.3 Å². The van der Waals surface area contributed by atoms with Crippen molar-refractivity contribution in [3.05, 3.63) is 58.7 Å². The molecule has 0 radical (unpaired) electrons. The van der Waals surface area contributed by atoms with Crippen LogP contribution in [-0.4, -0.2) is 23.4 Å². The van der Waals surface area contributed by atoms with Gasteiger partial charge in [-0.25, -0.2) is 5.43 Å². The van der Waals surface area contributed by atoms with E-state index in [4.69, 9.17) is 0 Å². The smallest absolute Gasteiger partial charge is 0.325 e. The molecule has 29 heavy (non-hydrogen) atoms. The maximum atomic E-state index is 12.3. The monoisotopic (exact) mass is 394 g/mol. The number of aryl methyl sites for hydroxylation is 4. The third-order valence-electron chi connectivity index (χ3n) is 4.22. The second-order valence-electron chi connectivity index (χ2n) is 7.11. The number of benzene rings is 2. The lowest BCUT2D eigenvalue weighted by molar-refractivity contribution is -0.136. The number of hydrogen-bond donors (Lipinski definition) is 3. The molecular weight excluding hydrogens is 368 g/mol. The van der Waals surface area contributed by atoms with Gasteiger partial charge in [0.25, 0.3) is 0 Å². The van der Waals surface area contributed by atoms with Crippen LogP contribution in [0.4, 0.5) is 11.4 Å². The molecular formula is C22H26N4O3. The summed E-state index contributed by atoms with van der Waals surface area (Å²) in [6.07, 6.45) is -0.00732. The van der Waals surface area contributed by atoms with Crippen LogP contribution in [0.25, 0.3) is 0 Å². The van der Waals surface area contributed by atoms with Crippen molar-refractivity contribution in [1.29, 1.82) is 0 Å². The van der Waals surface area contributed by atoms with E-state index in [2.05, 4.69) is 21.2 Å². The Kier molecular flexibility index (Phi) is 7.25. The predicted octanol–water partition coefficient (Wildman–Crippen LogP) is 3.38. The Labute approximate surface area is 170 Å². The van der Waals surface area contributed by atoms with Crippen LogP contribution in [-0.2, 0) is 14.4 Å². The molecule has 2 rings (SSSR count). The first kappa shape index (κ1) is 21.8. The second-order valence-corrected chi connectivity index (χ2v) is 7.11. The zero-order valence-corrected chi connectivity index (χ0v) is 17.3. The van der Waals surface area contributed by atoms with Gasteiger partial charge < -0.3 is 10.6 Å². The quantitative estimate of drug-likeness (QED) is 0.412. The molecule has 0 heterocycles. The number of hydrazone groups is 1. The Bertz CT molecular complexity index is 940. The van der Waals surface area contributed by atoms with E-state index in [1.165, 1.54) is 0 Å². The molecule has 0 fully saturated rings. The van der Waals surface area contributed by atoms with Gasteiger partial charge in [-0.2, -0.15) is 5.10 Å². The first-order chi connectivity index (χ1) is 13.7. The Morgan fingerprint density at radius 1 is 0.828 bits per heavy atom. The van der Waals surface area contributed by atoms with E-state index in [0.29, 0.717) is 11.4 Å². The van der Waals surface area contributed by atoms with Crippen molar-refractivity contribution < 1.29 is 14.4 Å². The molecule has 0 bridgehead atoms. The molecule has 2 aromatic carbocycles. The van der Waals surface area contributed by atoms with Crippen molar-refractivity contribution in [3.8, 4) is 0 Å². The standard InChI is InChI=1S/C22H26N4O3/c1-13-6-8-18(9-7-13)23-21(28)22(29)26-25-17(5)12-19(27)24-20-15(3)10-14(2)11-16(20)4/h6-11H,12H2,1-5H3,(H,23,28)(H,24,27)(H,26,29)/b25-17-. The molecule has 0 saturated carbocycles. The molecule has 7 heteroatoms. The van der Waals surface area contributed by atoms with Crippen molar-refractivity contribution in [1.82, 2.24) is 5.43 Å². The molecule has 152 valence electrons. The van der Waals surface area contributed by atoms with Crippen molar-refractivity contribution in [2.75, 3.05) is 10.6 Å². The number of anilines is 2. The summed E-state index contributed by atoms with van der Waals surface area (Å²) < 4.78 is 0.